The monoisotopic (exact) mass is 278 g/mol. The maximum atomic E-state index is 12.0. The van der Waals surface area contributed by atoms with Crippen LogP contribution in [-0.4, -0.2) is 36.2 Å². The molecule has 1 aromatic carbocycles. The molecular formula is C14H18N2O4. The molecule has 1 aromatic rings. The summed E-state index contributed by atoms with van der Waals surface area (Å²) in [5, 5.41) is 12.0. The molecule has 1 heterocycles. The van der Waals surface area contributed by atoms with Crippen molar-refractivity contribution < 1.29 is 19.4 Å². The summed E-state index contributed by atoms with van der Waals surface area (Å²) in [6, 6.07) is 6.49. The topological polar surface area (TPSA) is 102 Å². The van der Waals surface area contributed by atoms with Crippen molar-refractivity contribution in [3.63, 3.8) is 0 Å². The first kappa shape index (κ1) is 14.3. The lowest BCUT2D eigenvalue weighted by Gasteiger charge is -2.25. The van der Waals surface area contributed by atoms with E-state index >= 15 is 0 Å². The highest BCUT2D eigenvalue weighted by Crippen LogP contribution is 2.28. The van der Waals surface area contributed by atoms with Gasteiger partial charge in [0.05, 0.1) is 25.7 Å². The van der Waals surface area contributed by atoms with Crippen LogP contribution in [0.15, 0.2) is 24.3 Å². The molecule has 0 bridgehead atoms. The summed E-state index contributed by atoms with van der Waals surface area (Å²) in [5.74, 6) is -1.19. The van der Waals surface area contributed by atoms with Crippen molar-refractivity contribution >= 4 is 17.6 Å². The number of amides is 1. The molecule has 2 atom stereocenters. The Hall–Kier alpha value is -2.08. The fourth-order valence-electron chi connectivity index (χ4n) is 2.15. The second-order valence-electron chi connectivity index (χ2n) is 5.28. The van der Waals surface area contributed by atoms with Gasteiger partial charge < -0.3 is 20.9 Å². The number of benzene rings is 1. The number of carbonyl (C=O) groups is 2. The van der Waals surface area contributed by atoms with Crippen molar-refractivity contribution in [1.29, 1.82) is 0 Å². The van der Waals surface area contributed by atoms with E-state index in [0.717, 1.165) is 5.56 Å². The van der Waals surface area contributed by atoms with E-state index in [-0.39, 0.29) is 25.5 Å². The largest absolute Gasteiger partial charge is 0.481 e. The van der Waals surface area contributed by atoms with E-state index in [0.29, 0.717) is 5.69 Å². The van der Waals surface area contributed by atoms with Crippen LogP contribution in [-0.2, 0) is 20.7 Å². The molecule has 6 nitrogen and oxygen atoms in total. The zero-order chi connectivity index (χ0) is 14.8. The van der Waals surface area contributed by atoms with Crippen LogP contribution in [0.4, 0.5) is 5.69 Å². The number of ether oxygens (including phenoxy) is 1. The molecule has 1 amide bonds. The standard InChI is InChI=1S/C14H18N2O4/c1-14(13(18)19)8-20-7-11(14)16-12(17)6-9-2-4-10(15)5-3-9/h2-5,11H,6-8,15H2,1H3,(H,16,17)(H,18,19). The molecule has 1 fully saturated rings. The number of hydrogen-bond donors (Lipinski definition) is 3. The first-order valence-corrected chi connectivity index (χ1v) is 6.37. The molecule has 20 heavy (non-hydrogen) atoms. The predicted molar refractivity (Wildman–Crippen MR) is 73.1 cm³/mol. The van der Waals surface area contributed by atoms with Gasteiger partial charge in [0, 0.05) is 5.69 Å². The number of nitrogens with two attached hydrogens (primary N) is 1. The van der Waals surface area contributed by atoms with E-state index in [1.807, 2.05) is 0 Å². The molecule has 1 aliphatic rings. The minimum atomic E-state index is -1.07. The molecule has 2 unspecified atom stereocenters. The second kappa shape index (κ2) is 5.50. The Kier molecular flexibility index (Phi) is 3.94. The Morgan fingerprint density at radius 3 is 2.70 bits per heavy atom. The lowest BCUT2D eigenvalue weighted by molar-refractivity contribution is -0.149. The van der Waals surface area contributed by atoms with Crippen molar-refractivity contribution in [3.8, 4) is 0 Å². The Morgan fingerprint density at radius 2 is 2.10 bits per heavy atom. The molecular weight excluding hydrogens is 260 g/mol. The van der Waals surface area contributed by atoms with Gasteiger partial charge >= 0.3 is 5.97 Å². The highest BCUT2D eigenvalue weighted by molar-refractivity contribution is 5.81. The van der Waals surface area contributed by atoms with Crippen LogP contribution >= 0.6 is 0 Å². The van der Waals surface area contributed by atoms with E-state index in [4.69, 9.17) is 10.5 Å². The zero-order valence-electron chi connectivity index (χ0n) is 11.3. The number of carbonyl (C=O) groups excluding carboxylic acids is 1. The van der Waals surface area contributed by atoms with Gasteiger partial charge in [-0.1, -0.05) is 12.1 Å². The molecule has 1 saturated heterocycles. The fraction of sp³-hybridized carbons (Fsp3) is 0.429. The number of rotatable bonds is 4. The molecule has 0 spiro atoms. The third-order valence-electron chi connectivity index (χ3n) is 3.62. The average molecular weight is 278 g/mol. The average Bonchev–Trinajstić information content (AvgIpc) is 2.75. The Morgan fingerprint density at radius 1 is 1.45 bits per heavy atom. The minimum Gasteiger partial charge on any atom is -0.481 e. The second-order valence-corrected chi connectivity index (χ2v) is 5.28. The number of aliphatic carboxylic acids is 1. The van der Waals surface area contributed by atoms with Gasteiger partial charge in [0.1, 0.15) is 5.41 Å². The first-order valence-electron chi connectivity index (χ1n) is 6.37. The van der Waals surface area contributed by atoms with Crippen LogP contribution in [0.2, 0.25) is 0 Å². The SMILES string of the molecule is CC1(C(=O)O)COCC1NC(=O)Cc1ccc(N)cc1. The summed E-state index contributed by atoms with van der Waals surface area (Å²) < 4.78 is 5.19. The van der Waals surface area contributed by atoms with E-state index in [1.165, 1.54) is 0 Å². The predicted octanol–water partition coefficient (Wildman–Crippen LogP) is 0.417. The quantitative estimate of drug-likeness (QED) is 0.693. The summed E-state index contributed by atoms with van der Waals surface area (Å²) in [6.07, 6.45) is 0.187. The number of carboxylic acids is 1. The Labute approximate surface area is 116 Å². The van der Waals surface area contributed by atoms with Crippen LogP contribution in [0.1, 0.15) is 12.5 Å². The van der Waals surface area contributed by atoms with E-state index in [2.05, 4.69) is 5.32 Å². The van der Waals surface area contributed by atoms with Crippen LogP contribution in [0.25, 0.3) is 0 Å². The van der Waals surface area contributed by atoms with Crippen molar-refractivity contribution in [2.45, 2.75) is 19.4 Å². The van der Waals surface area contributed by atoms with Crippen LogP contribution in [0.3, 0.4) is 0 Å². The zero-order valence-corrected chi connectivity index (χ0v) is 11.3. The van der Waals surface area contributed by atoms with Crippen LogP contribution in [0, 0.1) is 5.41 Å². The summed E-state index contributed by atoms with van der Waals surface area (Å²) in [5.41, 5.74) is 5.97. The molecule has 4 N–H and O–H groups in total. The molecule has 0 radical (unpaired) electrons. The van der Waals surface area contributed by atoms with Crippen LogP contribution in [0.5, 0.6) is 0 Å². The van der Waals surface area contributed by atoms with Gasteiger partial charge in [-0.3, -0.25) is 9.59 Å². The molecule has 2 rings (SSSR count). The maximum absolute atomic E-state index is 12.0. The minimum absolute atomic E-state index is 0.106. The lowest BCUT2D eigenvalue weighted by Crippen LogP contribution is -2.50. The van der Waals surface area contributed by atoms with Crippen molar-refractivity contribution in [2.75, 3.05) is 18.9 Å². The third-order valence-corrected chi connectivity index (χ3v) is 3.62. The summed E-state index contributed by atoms with van der Waals surface area (Å²) in [6.45, 7) is 1.90. The van der Waals surface area contributed by atoms with Crippen molar-refractivity contribution in [3.05, 3.63) is 29.8 Å². The van der Waals surface area contributed by atoms with Crippen molar-refractivity contribution in [1.82, 2.24) is 5.32 Å². The summed E-state index contributed by atoms with van der Waals surface area (Å²) in [7, 11) is 0. The van der Waals surface area contributed by atoms with Gasteiger partial charge in [-0.05, 0) is 24.6 Å². The molecule has 0 aromatic heterocycles. The molecule has 1 aliphatic heterocycles. The Balaban J connectivity index is 1.98. The molecule has 108 valence electrons. The van der Waals surface area contributed by atoms with E-state index in [1.54, 1.807) is 31.2 Å². The molecule has 0 aliphatic carbocycles. The highest BCUT2D eigenvalue weighted by atomic mass is 16.5. The number of hydrogen-bond acceptors (Lipinski definition) is 4. The summed E-state index contributed by atoms with van der Waals surface area (Å²) >= 11 is 0. The highest BCUT2D eigenvalue weighted by Gasteiger charge is 2.47. The molecule has 0 saturated carbocycles. The maximum Gasteiger partial charge on any atom is 0.313 e. The van der Waals surface area contributed by atoms with Crippen molar-refractivity contribution in [2.24, 2.45) is 5.41 Å². The van der Waals surface area contributed by atoms with Gasteiger partial charge in [0.15, 0.2) is 0 Å². The van der Waals surface area contributed by atoms with Crippen LogP contribution < -0.4 is 11.1 Å². The Bertz CT molecular complexity index is 514. The molecule has 6 heteroatoms. The van der Waals surface area contributed by atoms with Gasteiger partial charge in [-0.15, -0.1) is 0 Å². The number of nitrogen functional groups attached to an aromatic ring is 1. The third kappa shape index (κ3) is 2.91. The van der Waals surface area contributed by atoms with E-state index < -0.39 is 17.4 Å². The first-order chi connectivity index (χ1) is 9.41. The van der Waals surface area contributed by atoms with Gasteiger partial charge in [0.2, 0.25) is 5.91 Å². The smallest absolute Gasteiger partial charge is 0.313 e. The van der Waals surface area contributed by atoms with E-state index in [9.17, 15) is 14.7 Å². The normalized spacial score (nSPS) is 25.4. The fourth-order valence-corrected chi connectivity index (χ4v) is 2.15. The number of anilines is 1. The number of carboxylic acid groups (broad SMARTS) is 1. The van der Waals surface area contributed by atoms with Gasteiger partial charge in [0.25, 0.3) is 0 Å². The lowest BCUT2D eigenvalue weighted by atomic mass is 9.85. The number of nitrogens with one attached hydrogen (secondary N) is 1. The summed E-state index contributed by atoms with van der Waals surface area (Å²) in [4.78, 5) is 23.2. The van der Waals surface area contributed by atoms with Gasteiger partial charge in [-0.25, -0.2) is 0 Å². The van der Waals surface area contributed by atoms with Gasteiger partial charge in [-0.2, -0.15) is 0 Å².